The molecule has 1 amide bonds. The zero-order valence-electron chi connectivity index (χ0n) is 22.9. The van der Waals surface area contributed by atoms with Crippen LogP contribution >= 0.6 is 0 Å². The van der Waals surface area contributed by atoms with E-state index in [0.29, 0.717) is 38.1 Å². The Bertz CT molecular complexity index is 822. The molecule has 0 aromatic heterocycles. The first-order valence-electron chi connectivity index (χ1n) is 13.6. The summed E-state index contributed by atoms with van der Waals surface area (Å²) >= 11 is 0. The third kappa shape index (κ3) is 11.1. The number of ether oxygens (including phenoxy) is 1. The molecule has 7 heteroatoms. The standard InChI is InChI=1S/C29H48N4O3/c1-6-9-25(33-27(20-34)21(2)3)19-31-14-15-36-28-11-8-7-10-24(28)16-22(4)18-32-29(35)26(30-5)17-23-12-13-23/h7-11,20-23,26-27,30-31,33H,6,12-19H2,1-5H3,(H,32,35)/t22-,26?,27?/m1/s1. The SMILES string of the molecule is CCC=C(CNCCOc1ccccc1C[C@@H](C)CNC(=O)C(CC1CC1)NC)NC(C=O)C(C)C. The molecule has 1 aliphatic carbocycles. The molecule has 1 aromatic rings. The number of aldehydes is 1. The lowest BCUT2D eigenvalue weighted by Crippen LogP contribution is -2.44. The van der Waals surface area contributed by atoms with E-state index in [-0.39, 0.29) is 23.9 Å². The van der Waals surface area contributed by atoms with Crippen LogP contribution in [0.5, 0.6) is 5.75 Å². The third-order valence-electron chi connectivity index (χ3n) is 6.62. The van der Waals surface area contributed by atoms with Gasteiger partial charge in [-0.05, 0) is 55.7 Å². The first kappa shape index (κ1) is 29.8. The first-order valence-corrected chi connectivity index (χ1v) is 13.6. The van der Waals surface area contributed by atoms with Gasteiger partial charge in [0.05, 0.1) is 12.1 Å². The number of allylic oxidation sites excluding steroid dienone is 1. The van der Waals surface area contributed by atoms with Gasteiger partial charge in [0, 0.05) is 25.3 Å². The van der Waals surface area contributed by atoms with E-state index in [4.69, 9.17) is 4.74 Å². The van der Waals surface area contributed by atoms with E-state index in [1.165, 1.54) is 12.8 Å². The quantitative estimate of drug-likeness (QED) is 0.172. The van der Waals surface area contributed by atoms with Crippen LogP contribution in [0.15, 0.2) is 36.0 Å². The van der Waals surface area contributed by atoms with Crippen LogP contribution in [0.25, 0.3) is 0 Å². The van der Waals surface area contributed by atoms with Gasteiger partial charge in [-0.15, -0.1) is 0 Å². The highest BCUT2D eigenvalue weighted by Gasteiger charge is 2.28. The van der Waals surface area contributed by atoms with Crippen molar-refractivity contribution in [3.63, 3.8) is 0 Å². The van der Waals surface area contributed by atoms with E-state index >= 15 is 0 Å². The maximum atomic E-state index is 12.5. The smallest absolute Gasteiger partial charge is 0.237 e. The fourth-order valence-electron chi connectivity index (χ4n) is 4.16. The number of carbonyl (C=O) groups excluding carboxylic acids is 2. The summed E-state index contributed by atoms with van der Waals surface area (Å²) in [5.74, 6) is 2.25. The molecule has 0 heterocycles. The van der Waals surface area contributed by atoms with Crippen LogP contribution in [0.4, 0.5) is 0 Å². The maximum absolute atomic E-state index is 12.5. The van der Waals surface area contributed by atoms with E-state index in [0.717, 1.165) is 42.6 Å². The molecule has 2 rings (SSSR count). The summed E-state index contributed by atoms with van der Waals surface area (Å²) < 4.78 is 6.10. The minimum atomic E-state index is -0.179. The number of benzene rings is 1. The van der Waals surface area contributed by atoms with Crippen LogP contribution in [-0.2, 0) is 16.0 Å². The van der Waals surface area contributed by atoms with Gasteiger partial charge in [-0.2, -0.15) is 0 Å². The van der Waals surface area contributed by atoms with Crippen molar-refractivity contribution in [2.45, 2.75) is 71.9 Å². The molecule has 202 valence electrons. The number of amides is 1. The van der Waals surface area contributed by atoms with Crippen LogP contribution < -0.4 is 26.0 Å². The van der Waals surface area contributed by atoms with Crippen LogP contribution in [-0.4, -0.2) is 57.6 Å². The predicted octanol–water partition coefficient (Wildman–Crippen LogP) is 3.44. The molecule has 1 saturated carbocycles. The van der Waals surface area contributed by atoms with E-state index in [1.807, 2.05) is 39.1 Å². The number of likely N-dealkylation sites (N-methyl/N-ethyl adjacent to an activating group) is 1. The summed E-state index contributed by atoms with van der Waals surface area (Å²) in [5, 5.41) is 13.0. The summed E-state index contributed by atoms with van der Waals surface area (Å²) in [5.41, 5.74) is 2.19. The van der Waals surface area contributed by atoms with Gasteiger partial charge in [0.25, 0.3) is 0 Å². The lowest BCUT2D eigenvalue weighted by atomic mass is 10.00. The van der Waals surface area contributed by atoms with Gasteiger partial charge < -0.3 is 30.8 Å². The summed E-state index contributed by atoms with van der Waals surface area (Å²) in [7, 11) is 1.86. The number of rotatable bonds is 19. The molecule has 4 N–H and O–H groups in total. The number of nitrogens with one attached hydrogen (secondary N) is 4. The second-order valence-electron chi connectivity index (χ2n) is 10.4. The number of hydrogen-bond acceptors (Lipinski definition) is 6. The van der Waals surface area contributed by atoms with E-state index in [2.05, 4.69) is 47.3 Å². The number of hydrogen-bond donors (Lipinski definition) is 4. The van der Waals surface area contributed by atoms with Crippen molar-refractivity contribution in [1.82, 2.24) is 21.3 Å². The molecule has 0 aliphatic heterocycles. The second kappa shape index (κ2) is 16.4. The van der Waals surface area contributed by atoms with E-state index < -0.39 is 0 Å². The highest BCUT2D eigenvalue weighted by atomic mass is 16.5. The zero-order chi connectivity index (χ0) is 26.3. The van der Waals surface area contributed by atoms with Crippen LogP contribution in [0, 0.1) is 17.8 Å². The second-order valence-corrected chi connectivity index (χ2v) is 10.4. The van der Waals surface area contributed by atoms with Crippen molar-refractivity contribution in [2.24, 2.45) is 17.8 Å². The topological polar surface area (TPSA) is 91.5 Å². The van der Waals surface area contributed by atoms with Crippen molar-refractivity contribution >= 4 is 12.2 Å². The average molecular weight is 501 g/mol. The molecule has 0 radical (unpaired) electrons. The molecule has 0 spiro atoms. The molecule has 0 bridgehead atoms. The zero-order valence-corrected chi connectivity index (χ0v) is 22.9. The summed E-state index contributed by atoms with van der Waals surface area (Å²) in [6, 6.07) is 7.86. The van der Waals surface area contributed by atoms with Crippen LogP contribution in [0.1, 0.15) is 58.9 Å². The van der Waals surface area contributed by atoms with Gasteiger partial charge in [-0.3, -0.25) is 4.79 Å². The number of para-hydroxylation sites is 1. The van der Waals surface area contributed by atoms with Gasteiger partial charge in [0.1, 0.15) is 18.6 Å². The molecular formula is C29H48N4O3. The molecule has 2 unspecified atom stereocenters. The molecule has 0 saturated heterocycles. The normalized spacial score (nSPS) is 16.3. The van der Waals surface area contributed by atoms with Crippen molar-refractivity contribution in [3.8, 4) is 5.75 Å². The number of carbonyl (C=O) groups is 2. The van der Waals surface area contributed by atoms with Gasteiger partial charge >= 0.3 is 0 Å². The molecule has 1 fully saturated rings. The van der Waals surface area contributed by atoms with E-state index in [1.54, 1.807) is 0 Å². The van der Waals surface area contributed by atoms with Crippen LogP contribution in [0.3, 0.4) is 0 Å². The largest absolute Gasteiger partial charge is 0.492 e. The van der Waals surface area contributed by atoms with Gasteiger partial charge in [0.15, 0.2) is 0 Å². The van der Waals surface area contributed by atoms with Crippen molar-refractivity contribution < 1.29 is 14.3 Å². The molecule has 1 aromatic carbocycles. The Morgan fingerprint density at radius 3 is 2.58 bits per heavy atom. The van der Waals surface area contributed by atoms with Crippen molar-refractivity contribution in [1.29, 1.82) is 0 Å². The third-order valence-corrected chi connectivity index (χ3v) is 6.62. The van der Waals surface area contributed by atoms with E-state index in [9.17, 15) is 9.59 Å². The minimum Gasteiger partial charge on any atom is -0.492 e. The van der Waals surface area contributed by atoms with Gasteiger partial charge in [-0.1, -0.05) is 64.8 Å². The maximum Gasteiger partial charge on any atom is 0.237 e. The summed E-state index contributed by atoms with van der Waals surface area (Å²) in [6.45, 7) is 10.9. The van der Waals surface area contributed by atoms with Crippen molar-refractivity contribution in [2.75, 3.05) is 33.3 Å². The highest BCUT2D eigenvalue weighted by Crippen LogP contribution is 2.33. The Kier molecular flexibility index (Phi) is 13.6. The predicted molar refractivity (Wildman–Crippen MR) is 147 cm³/mol. The Morgan fingerprint density at radius 2 is 1.94 bits per heavy atom. The van der Waals surface area contributed by atoms with Crippen molar-refractivity contribution in [3.05, 3.63) is 41.6 Å². The molecule has 1 aliphatic rings. The summed E-state index contributed by atoms with van der Waals surface area (Å²) in [4.78, 5) is 23.9. The Morgan fingerprint density at radius 1 is 1.19 bits per heavy atom. The van der Waals surface area contributed by atoms with Gasteiger partial charge in [-0.25, -0.2) is 0 Å². The highest BCUT2D eigenvalue weighted by molar-refractivity contribution is 5.81. The van der Waals surface area contributed by atoms with Crippen LogP contribution in [0.2, 0.25) is 0 Å². The lowest BCUT2D eigenvalue weighted by Gasteiger charge is -2.21. The molecular weight excluding hydrogens is 452 g/mol. The Balaban J connectivity index is 1.75. The minimum absolute atomic E-state index is 0.0922. The average Bonchev–Trinajstić information content (AvgIpc) is 3.69. The molecule has 3 atom stereocenters. The molecule has 7 nitrogen and oxygen atoms in total. The first-order chi connectivity index (χ1) is 17.4. The Hall–Kier alpha value is -2.38. The fourth-order valence-corrected chi connectivity index (χ4v) is 4.16. The van der Waals surface area contributed by atoms with Gasteiger partial charge in [0.2, 0.25) is 5.91 Å². The monoisotopic (exact) mass is 500 g/mol. The Labute approximate surface area is 218 Å². The lowest BCUT2D eigenvalue weighted by molar-refractivity contribution is -0.123. The summed E-state index contributed by atoms with van der Waals surface area (Å²) in [6.07, 6.45) is 8.28. The molecule has 36 heavy (non-hydrogen) atoms. The fraction of sp³-hybridized carbons (Fsp3) is 0.655.